The van der Waals surface area contributed by atoms with Crippen LogP contribution < -0.4 is 11.1 Å². The zero-order valence-electron chi connectivity index (χ0n) is 7.61. The Balaban J connectivity index is 3.98. The number of hydrogen-bond acceptors (Lipinski definition) is 5. The number of methoxy groups -OCH3 is 1. The molecule has 0 aromatic heterocycles. The molecule has 0 spiro atoms. The summed E-state index contributed by atoms with van der Waals surface area (Å²) in [6.07, 6.45) is 0. The molecule has 0 aliphatic heterocycles. The van der Waals surface area contributed by atoms with Crippen molar-refractivity contribution in [3.63, 3.8) is 0 Å². The van der Waals surface area contributed by atoms with Crippen molar-refractivity contribution in [1.82, 2.24) is 5.32 Å². The van der Waals surface area contributed by atoms with Crippen LogP contribution in [0.5, 0.6) is 0 Å². The van der Waals surface area contributed by atoms with E-state index in [-0.39, 0.29) is 0 Å². The minimum Gasteiger partial charge on any atom is -0.467 e. The smallest absolute Gasteiger partial charge is 0.328 e. The summed E-state index contributed by atoms with van der Waals surface area (Å²) in [6, 6.07) is -1.76. The molecular weight excluding hydrogens is 176 g/mol. The van der Waals surface area contributed by atoms with Gasteiger partial charge in [0.1, 0.15) is 12.1 Å². The van der Waals surface area contributed by atoms with Crippen molar-refractivity contribution in [2.45, 2.75) is 19.0 Å². The van der Waals surface area contributed by atoms with Crippen molar-refractivity contribution in [1.29, 1.82) is 0 Å². The Bertz CT molecular complexity index is 195. The third kappa shape index (κ3) is 3.86. The van der Waals surface area contributed by atoms with E-state index in [1.165, 1.54) is 14.0 Å². The van der Waals surface area contributed by atoms with Crippen molar-refractivity contribution < 1.29 is 19.4 Å². The number of nitrogens with one attached hydrogen (secondary N) is 1. The van der Waals surface area contributed by atoms with Crippen LogP contribution in [0.4, 0.5) is 0 Å². The largest absolute Gasteiger partial charge is 0.467 e. The van der Waals surface area contributed by atoms with Gasteiger partial charge in [0.15, 0.2) is 0 Å². The van der Waals surface area contributed by atoms with E-state index in [0.29, 0.717) is 0 Å². The van der Waals surface area contributed by atoms with Gasteiger partial charge in [-0.3, -0.25) is 4.79 Å². The molecule has 6 heteroatoms. The first-order valence-electron chi connectivity index (χ1n) is 3.77. The Labute approximate surface area is 76.0 Å². The summed E-state index contributed by atoms with van der Waals surface area (Å²) in [6.45, 7) is 1.01. The van der Waals surface area contributed by atoms with Gasteiger partial charge in [-0.2, -0.15) is 0 Å². The fraction of sp³-hybridized carbons (Fsp3) is 0.714. The van der Waals surface area contributed by atoms with E-state index < -0.39 is 30.6 Å². The number of amides is 1. The van der Waals surface area contributed by atoms with Crippen molar-refractivity contribution in [2.75, 3.05) is 13.7 Å². The second kappa shape index (κ2) is 5.50. The maximum Gasteiger partial charge on any atom is 0.328 e. The second-order valence-corrected chi connectivity index (χ2v) is 2.54. The zero-order chi connectivity index (χ0) is 10.4. The van der Waals surface area contributed by atoms with E-state index in [0.717, 1.165) is 0 Å². The molecule has 2 atom stereocenters. The van der Waals surface area contributed by atoms with Gasteiger partial charge >= 0.3 is 5.97 Å². The molecule has 4 N–H and O–H groups in total. The van der Waals surface area contributed by atoms with E-state index in [1.54, 1.807) is 0 Å². The van der Waals surface area contributed by atoms with E-state index in [4.69, 9.17) is 10.8 Å². The van der Waals surface area contributed by atoms with Crippen LogP contribution >= 0.6 is 0 Å². The molecule has 0 aliphatic rings. The zero-order valence-corrected chi connectivity index (χ0v) is 7.61. The van der Waals surface area contributed by atoms with Crippen LogP contribution in [-0.2, 0) is 14.3 Å². The lowest BCUT2D eigenvalue weighted by Crippen LogP contribution is -2.48. The highest BCUT2D eigenvalue weighted by molar-refractivity contribution is 5.87. The van der Waals surface area contributed by atoms with Gasteiger partial charge in [0.05, 0.1) is 13.7 Å². The normalized spacial score (nSPS) is 14.5. The molecule has 6 nitrogen and oxygen atoms in total. The fourth-order valence-electron chi connectivity index (χ4n) is 0.639. The number of carbonyl (C=O) groups excluding carboxylic acids is 2. The molecule has 0 saturated carbocycles. The summed E-state index contributed by atoms with van der Waals surface area (Å²) in [5, 5.41) is 10.8. The third-order valence-corrected chi connectivity index (χ3v) is 1.45. The molecule has 0 heterocycles. The van der Waals surface area contributed by atoms with Crippen LogP contribution in [0.2, 0.25) is 0 Å². The topological polar surface area (TPSA) is 102 Å². The lowest BCUT2D eigenvalue weighted by Gasteiger charge is -2.13. The first-order valence-corrected chi connectivity index (χ1v) is 3.77. The first kappa shape index (κ1) is 11.9. The lowest BCUT2D eigenvalue weighted by molar-refractivity contribution is -0.144. The maximum absolute atomic E-state index is 11.0. The SMILES string of the molecule is COC(=O)[C@H](C)NC(=O)[C@@H](N)CO. The number of rotatable bonds is 4. The first-order chi connectivity index (χ1) is 6.02. The lowest BCUT2D eigenvalue weighted by atomic mass is 10.2. The molecule has 0 aromatic rings. The van der Waals surface area contributed by atoms with Gasteiger partial charge < -0.3 is 20.9 Å². The van der Waals surface area contributed by atoms with Gasteiger partial charge in [-0.25, -0.2) is 4.79 Å². The number of ether oxygens (including phenoxy) is 1. The van der Waals surface area contributed by atoms with Crippen LogP contribution in [0.1, 0.15) is 6.92 Å². The highest BCUT2D eigenvalue weighted by Crippen LogP contribution is 1.87. The molecule has 0 fully saturated rings. The Hall–Kier alpha value is -1.14. The number of carbonyl (C=O) groups is 2. The number of aliphatic hydroxyl groups is 1. The Morgan fingerprint density at radius 2 is 2.15 bits per heavy atom. The summed E-state index contributed by atoms with van der Waals surface area (Å²) in [7, 11) is 1.22. The maximum atomic E-state index is 11.0. The molecule has 0 aromatic carbocycles. The van der Waals surface area contributed by atoms with E-state index in [9.17, 15) is 9.59 Å². The van der Waals surface area contributed by atoms with Crippen molar-refractivity contribution in [3.05, 3.63) is 0 Å². The van der Waals surface area contributed by atoms with Gasteiger partial charge in [0.25, 0.3) is 0 Å². The van der Waals surface area contributed by atoms with Gasteiger partial charge in [0, 0.05) is 0 Å². The Morgan fingerprint density at radius 3 is 2.54 bits per heavy atom. The Morgan fingerprint density at radius 1 is 1.62 bits per heavy atom. The molecule has 0 saturated heterocycles. The summed E-state index contributed by atoms with van der Waals surface area (Å²) in [5.41, 5.74) is 5.19. The molecule has 76 valence electrons. The fourth-order valence-corrected chi connectivity index (χ4v) is 0.639. The predicted molar refractivity (Wildman–Crippen MR) is 44.7 cm³/mol. The predicted octanol–water partition coefficient (Wildman–Crippen LogP) is -2.02. The van der Waals surface area contributed by atoms with Gasteiger partial charge in [-0.05, 0) is 6.92 Å². The summed E-state index contributed by atoms with van der Waals surface area (Å²) < 4.78 is 4.37. The van der Waals surface area contributed by atoms with Crippen LogP contribution in [0.15, 0.2) is 0 Å². The molecule has 1 amide bonds. The van der Waals surface area contributed by atoms with E-state index in [2.05, 4.69) is 10.1 Å². The molecule has 0 aliphatic carbocycles. The van der Waals surface area contributed by atoms with E-state index in [1.807, 2.05) is 0 Å². The minimum atomic E-state index is -1.01. The average molecular weight is 190 g/mol. The van der Waals surface area contributed by atoms with E-state index >= 15 is 0 Å². The van der Waals surface area contributed by atoms with Crippen molar-refractivity contribution in [2.24, 2.45) is 5.73 Å². The molecular formula is C7H14N2O4. The molecule has 0 unspecified atom stereocenters. The van der Waals surface area contributed by atoms with Crippen LogP contribution in [-0.4, -0.2) is 42.8 Å². The number of aliphatic hydroxyl groups excluding tert-OH is 1. The Kier molecular flexibility index (Phi) is 5.01. The number of hydrogen-bond donors (Lipinski definition) is 3. The minimum absolute atomic E-state index is 0.459. The molecule has 0 bridgehead atoms. The van der Waals surface area contributed by atoms with Gasteiger partial charge in [-0.1, -0.05) is 0 Å². The van der Waals surface area contributed by atoms with Gasteiger partial charge in [0.2, 0.25) is 5.91 Å². The highest BCUT2D eigenvalue weighted by atomic mass is 16.5. The van der Waals surface area contributed by atoms with Crippen LogP contribution in [0.25, 0.3) is 0 Å². The standard InChI is InChI=1S/C7H14N2O4/c1-4(7(12)13-2)9-6(11)5(8)3-10/h4-5,10H,3,8H2,1-2H3,(H,9,11)/t4-,5-/m0/s1. The summed E-state index contributed by atoms with van der Waals surface area (Å²) in [5.74, 6) is -1.14. The van der Waals surface area contributed by atoms with Crippen LogP contribution in [0, 0.1) is 0 Å². The molecule has 0 rings (SSSR count). The number of nitrogens with two attached hydrogens (primary N) is 1. The van der Waals surface area contributed by atoms with Crippen molar-refractivity contribution in [3.8, 4) is 0 Å². The monoisotopic (exact) mass is 190 g/mol. The molecule has 0 radical (unpaired) electrons. The van der Waals surface area contributed by atoms with Crippen molar-refractivity contribution >= 4 is 11.9 Å². The number of esters is 1. The summed E-state index contributed by atoms with van der Waals surface area (Å²) >= 11 is 0. The summed E-state index contributed by atoms with van der Waals surface area (Å²) in [4.78, 5) is 21.8. The quantitative estimate of drug-likeness (QED) is 0.444. The average Bonchev–Trinajstić information content (AvgIpc) is 2.14. The van der Waals surface area contributed by atoms with Crippen LogP contribution in [0.3, 0.4) is 0 Å². The van der Waals surface area contributed by atoms with Gasteiger partial charge in [-0.15, -0.1) is 0 Å². The molecule has 13 heavy (non-hydrogen) atoms. The third-order valence-electron chi connectivity index (χ3n) is 1.45. The second-order valence-electron chi connectivity index (χ2n) is 2.54. The highest BCUT2D eigenvalue weighted by Gasteiger charge is 2.19.